The van der Waals surface area contributed by atoms with Crippen LogP contribution in [0.4, 0.5) is 4.39 Å². The standard InChI is InChI=1S/C20H17FN4O/c21-15-5-7-16(8-6-15)25-13-22-12-19(25)20(26)23-10-9-14-11-24-18-4-2-1-3-17(14)18/h1-8,11-13,24H,9-10H2,(H,23,26). The zero-order valence-electron chi connectivity index (χ0n) is 13.9. The minimum Gasteiger partial charge on any atom is -0.361 e. The fraction of sp³-hybridized carbons (Fsp3) is 0.100. The average molecular weight is 348 g/mol. The van der Waals surface area contributed by atoms with E-state index >= 15 is 0 Å². The van der Waals surface area contributed by atoms with Crippen molar-refractivity contribution in [1.82, 2.24) is 19.9 Å². The van der Waals surface area contributed by atoms with E-state index in [9.17, 15) is 9.18 Å². The van der Waals surface area contributed by atoms with Gasteiger partial charge in [-0.2, -0.15) is 0 Å². The number of imidazole rings is 1. The summed E-state index contributed by atoms with van der Waals surface area (Å²) in [5.74, 6) is -0.537. The normalized spacial score (nSPS) is 11.0. The summed E-state index contributed by atoms with van der Waals surface area (Å²) in [6.07, 6.45) is 5.74. The fourth-order valence-corrected chi connectivity index (χ4v) is 3.01. The summed E-state index contributed by atoms with van der Waals surface area (Å²) < 4.78 is 14.7. The van der Waals surface area contributed by atoms with Crippen LogP contribution < -0.4 is 5.32 Å². The van der Waals surface area contributed by atoms with Crippen LogP contribution in [-0.4, -0.2) is 27.0 Å². The van der Waals surface area contributed by atoms with E-state index in [4.69, 9.17) is 0 Å². The van der Waals surface area contributed by atoms with Crippen LogP contribution in [0.3, 0.4) is 0 Å². The van der Waals surface area contributed by atoms with Gasteiger partial charge >= 0.3 is 0 Å². The molecule has 0 saturated heterocycles. The molecule has 0 spiro atoms. The molecule has 4 rings (SSSR count). The van der Waals surface area contributed by atoms with Crippen LogP contribution in [0.25, 0.3) is 16.6 Å². The maximum absolute atomic E-state index is 13.1. The van der Waals surface area contributed by atoms with Crippen LogP contribution in [0.15, 0.2) is 67.3 Å². The van der Waals surface area contributed by atoms with Crippen LogP contribution in [0.5, 0.6) is 0 Å². The van der Waals surface area contributed by atoms with Crippen molar-refractivity contribution < 1.29 is 9.18 Å². The number of hydrogen-bond acceptors (Lipinski definition) is 2. The number of nitrogens with one attached hydrogen (secondary N) is 2. The zero-order valence-corrected chi connectivity index (χ0v) is 13.9. The molecule has 2 aromatic carbocycles. The van der Waals surface area contributed by atoms with Gasteiger partial charge in [0.1, 0.15) is 11.5 Å². The molecule has 0 aliphatic carbocycles. The maximum atomic E-state index is 13.1. The van der Waals surface area contributed by atoms with Crippen LogP contribution in [0.2, 0.25) is 0 Å². The number of para-hydroxylation sites is 1. The van der Waals surface area contributed by atoms with Crippen molar-refractivity contribution >= 4 is 16.8 Å². The molecule has 0 unspecified atom stereocenters. The molecule has 26 heavy (non-hydrogen) atoms. The Kier molecular flexibility index (Phi) is 4.23. The summed E-state index contributed by atoms with van der Waals surface area (Å²) in [5.41, 5.74) is 3.34. The Morgan fingerprint density at radius 1 is 1.15 bits per heavy atom. The first-order valence-corrected chi connectivity index (χ1v) is 8.34. The number of benzene rings is 2. The molecule has 2 heterocycles. The monoisotopic (exact) mass is 348 g/mol. The van der Waals surface area contributed by atoms with Crippen molar-refractivity contribution in [2.24, 2.45) is 0 Å². The molecular formula is C20H17FN4O. The van der Waals surface area contributed by atoms with E-state index in [-0.39, 0.29) is 11.7 Å². The largest absolute Gasteiger partial charge is 0.361 e. The van der Waals surface area contributed by atoms with E-state index < -0.39 is 0 Å². The Morgan fingerprint density at radius 3 is 2.81 bits per heavy atom. The zero-order chi connectivity index (χ0) is 17.9. The molecule has 2 N–H and O–H groups in total. The number of carbonyl (C=O) groups is 1. The molecule has 4 aromatic rings. The number of carbonyl (C=O) groups excluding carboxylic acids is 1. The molecular weight excluding hydrogens is 331 g/mol. The van der Waals surface area contributed by atoms with Gasteiger partial charge in [0.15, 0.2) is 0 Å². The lowest BCUT2D eigenvalue weighted by Crippen LogP contribution is -2.27. The Morgan fingerprint density at radius 2 is 1.96 bits per heavy atom. The van der Waals surface area contributed by atoms with Crippen LogP contribution in [-0.2, 0) is 6.42 Å². The summed E-state index contributed by atoms with van der Waals surface area (Å²) in [6.45, 7) is 0.509. The number of halogens is 1. The van der Waals surface area contributed by atoms with Gasteiger partial charge in [0.05, 0.1) is 12.5 Å². The van der Waals surface area contributed by atoms with Crippen molar-refractivity contribution in [3.8, 4) is 5.69 Å². The van der Waals surface area contributed by atoms with E-state index in [2.05, 4.69) is 21.4 Å². The minimum atomic E-state index is -0.321. The summed E-state index contributed by atoms with van der Waals surface area (Å²) in [5, 5.41) is 4.09. The molecule has 2 aromatic heterocycles. The molecule has 0 radical (unpaired) electrons. The third kappa shape index (κ3) is 3.09. The van der Waals surface area contributed by atoms with Gasteiger partial charge in [0.2, 0.25) is 0 Å². The lowest BCUT2D eigenvalue weighted by atomic mass is 10.1. The van der Waals surface area contributed by atoms with E-state index in [0.29, 0.717) is 17.9 Å². The molecule has 0 saturated carbocycles. The number of aromatic amines is 1. The van der Waals surface area contributed by atoms with Gasteiger partial charge in [-0.3, -0.25) is 9.36 Å². The van der Waals surface area contributed by atoms with Crippen molar-refractivity contribution in [3.05, 3.63) is 84.3 Å². The van der Waals surface area contributed by atoms with E-state index in [1.54, 1.807) is 23.0 Å². The quantitative estimate of drug-likeness (QED) is 0.580. The first-order chi connectivity index (χ1) is 12.7. The van der Waals surface area contributed by atoms with Gasteiger partial charge in [-0.05, 0) is 42.3 Å². The molecule has 0 aliphatic rings. The van der Waals surface area contributed by atoms with Crippen molar-refractivity contribution in [2.75, 3.05) is 6.54 Å². The van der Waals surface area contributed by atoms with E-state index in [1.165, 1.54) is 18.3 Å². The van der Waals surface area contributed by atoms with Gasteiger partial charge in [0, 0.05) is 29.3 Å². The topological polar surface area (TPSA) is 62.7 Å². The van der Waals surface area contributed by atoms with Gasteiger partial charge in [-0.1, -0.05) is 18.2 Å². The predicted molar refractivity (Wildman–Crippen MR) is 97.9 cm³/mol. The second-order valence-electron chi connectivity index (χ2n) is 5.99. The Bertz CT molecular complexity index is 1050. The lowest BCUT2D eigenvalue weighted by molar-refractivity contribution is 0.0947. The highest BCUT2D eigenvalue weighted by Crippen LogP contribution is 2.18. The van der Waals surface area contributed by atoms with Crippen LogP contribution in [0.1, 0.15) is 16.1 Å². The molecule has 1 amide bonds. The predicted octanol–water partition coefficient (Wildman–Crippen LogP) is 3.47. The van der Waals surface area contributed by atoms with Crippen molar-refractivity contribution in [2.45, 2.75) is 6.42 Å². The molecule has 0 bridgehead atoms. The van der Waals surface area contributed by atoms with Crippen molar-refractivity contribution in [3.63, 3.8) is 0 Å². The number of rotatable bonds is 5. The highest BCUT2D eigenvalue weighted by molar-refractivity contribution is 5.93. The van der Waals surface area contributed by atoms with Crippen molar-refractivity contribution in [1.29, 1.82) is 0 Å². The minimum absolute atomic E-state index is 0.216. The molecule has 130 valence electrons. The third-order valence-corrected chi connectivity index (χ3v) is 4.33. The fourth-order valence-electron chi connectivity index (χ4n) is 3.01. The smallest absolute Gasteiger partial charge is 0.269 e. The van der Waals surface area contributed by atoms with Gasteiger partial charge < -0.3 is 10.3 Å². The summed E-state index contributed by atoms with van der Waals surface area (Å²) in [7, 11) is 0. The summed E-state index contributed by atoms with van der Waals surface area (Å²) in [6, 6.07) is 14.0. The molecule has 0 fully saturated rings. The molecule has 0 aliphatic heterocycles. The van der Waals surface area contributed by atoms with Crippen LogP contribution in [0, 0.1) is 5.82 Å². The summed E-state index contributed by atoms with van der Waals surface area (Å²) in [4.78, 5) is 19.8. The number of amides is 1. The number of nitrogens with zero attached hydrogens (tertiary/aromatic N) is 2. The number of hydrogen-bond donors (Lipinski definition) is 2. The van der Waals surface area contributed by atoms with E-state index in [0.717, 1.165) is 22.9 Å². The second-order valence-corrected chi connectivity index (χ2v) is 5.99. The highest BCUT2D eigenvalue weighted by Gasteiger charge is 2.13. The second kappa shape index (κ2) is 6.84. The average Bonchev–Trinajstić information content (AvgIpc) is 3.30. The van der Waals surface area contributed by atoms with Gasteiger partial charge in [-0.15, -0.1) is 0 Å². The van der Waals surface area contributed by atoms with Gasteiger partial charge in [0.25, 0.3) is 5.91 Å². The number of fused-ring (bicyclic) bond motifs is 1. The molecule has 5 nitrogen and oxygen atoms in total. The van der Waals surface area contributed by atoms with Crippen LogP contribution >= 0.6 is 0 Å². The number of aromatic nitrogens is 3. The molecule has 6 heteroatoms. The Hall–Kier alpha value is -3.41. The number of H-pyrrole nitrogens is 1. The first-order valence-electron chi connectivity index (χ1n) is 8.34. The Labute approximate surface area is 149 Å². The highest BCUT2D eigenvalue weighted by atomic mass is 19.1. The summed E-state index contributed by atoms with van der Waals surface area (Å²) >= 11 is 0. The Balaban J connectivity index is 1.44. The third-order valence-electron chi connectivity index (χ3n) is 4.33. The SMILES string of the molecule is O=C(NCCc1c[nH]c2ccccc12)c1cncn1-c1ccc(F)cc1. The first kappa shape index (κ1) is 16.1. The van der Waals surface area contributed by atoms with Gasteiger partial charge in [-0.25, -0.2) is 9.37 Å². The maximum Gasteiger partial charge on any atom is 0.269 e. The van der Waals surface area contributed by atoms with E-state index in [1.807, 2.05) is 24.4 Å². The molecule has 0 atom stereocenters. The lowest BCUT2D eigenvalue weighted by Gasteiger charge is -2.09.